The molecule has 0 aliphatic carbocycles. The number of hydrogen-bond acceptors (Lipinski definition) is 4. The van der Waals surface area contributed by atoms with E-state index in [1.54, 1.807) is 13.0 Å². The van der Waals surface area contributed by atoms with E-state index in [2.05, 4.69) is 10.6 Å². The summed E-state index contributed by atoms with van der Waals surface area (Å²) in [6, 6.07) is 3.12. The van der Waals surface area contributed by atoms with Crippen LogP contribution in [0.25, 0.3) is 0 Å². The molecule has 0 atom stereocenters. The molecule has 0 saturated heterocycles. The maximum atomic E-state index is 11.7. The highest BCUT2D eigenvalue weighted by Gasteiger charge is 2.17. The van der Waals surface area contributed by atoms with Gasteiger partial charge in [-0.25, -0.2) is 0 Å². The molecule has 1 rings (SSSR count). The molecule has 104 valence electrons. The summed E-state index contributed by atoms with van der Waals surface area (Å²) in [7, 11) is 0. The van der Waals surface area contributed by atoms with Gasteiger partial charge in [0.2, 0.25) is 5.91 Å². The normalized spacial score (nSPS) is 10.3. The maximum Gasteiger partial charge on any atom is 0.293 e. The molecule has 2 N–H and O–H groups in total. The summed E-state index contributed by atoms with van der Waals surface area (Å²) in [6.45, 7) is 6.95. The first-order valence-corrected chi connectivity index (χ1v) is 6.22. The van der Waals surface area contributed by atoms with Crippen LogP contribution in [0.1, 0.15) is 24.5 Å². The molecule has 0 spiro atoms. The van der Waals surface area contributed by atoms with Crippen molar-refractivity contribution in [1.29, 1.82) is 0 Å². The molecule has 0 heterocycles. The second-order valence-corrected chi connectivity index (χ2v) is 4.36. The molecule has 1 amide bonds. The summed E-state index contributed by atoms with van der Waals surface area (Å²) < 4.78 is 0. The lowest BCUT2D eigenvalue weighted by molar-refractivity contribution is -0.384. The molecule has 0 radical (unpaired) electrons. The number of benzene rings is 1. The van der Waals surface area contributed by atoms with Crippen LogP contribution >= 0.6 is 0 Å². The van der Waals surface area contributed by atoms with E-state index in [1.165, 1.54) is 6.07 Å². The van der Waals surface area contributed by atoms with Gasteiger partial charge in [-0.3, -0.25) is 14.9 Å². The fourth-order valence-electron chi connectivity index (χ4n) is 1.64. The van der Waals surface area contributed by atoms with E-state index in [0.717, 1.165) is 17.7 Å². The largest absolute Gasteiger partial charge is 0.320 e. The predicted octanol–water partition coefficient (Wildman–Crippen LogP) is 2.15. The van der Waals surface area contributed by atoms with E-state index < -0.39 is 4.92 Å². The van der Waals surface area contributed by atoms with Crippen LogP contribution in [0.3, 0.4) is 0 Å². The average molecular weight is 265 g/mol. The second-order valence-electron chi connectivity index (χ2n) is 4.36. The first kappa shape index (κ1) is 15.1. The number of amides is 1. The van der Waals surface area contributed by atoms with E-state index in [1.807, 2.05) is 13.8 Å². The number of nitro benzene ring substituents is 1. The molecular formula is C13H19N3O3. The Balaban J connectivity index is 2.84. The number of rotatable bonds is 6. The van der Waals surface area contributed by atoms with Gasteiger partial charge >= 0.3 is 0 Å². The Morgan fingerprint density at radius 3 is 2.53 bits per heavy atom. The van der Waals surface area contributed by atoms with Gasteiger partial charge in [0.15, 0.2) is 0 Å². The lowest BCUT2D eigenvalue weighted by Crippen LogP contribution is -2.21. The maximum absolute atomic E-state index is 11.7. The van der Waals surface area contributed by atoms with Gasteiger partial charge in [0, 0.05) is 19.0 Å². The van der Waals surface area contributed by atoms with Gasteiger partial charge < -0.3 is 10.6 Å². The van der Waals surface area contributed by atoms with Crippen molar-refractivity contribution in [3.05, 3.63) is 33.4 Å². The quantitative estimate of drug-likeness (QED) is 0.469. The zero-order valence-electron chi connectivity index (χ0n) is 11.4. The number of nitro groups is 1. The lowest BCUT2D eigenvalue weighted by Gasteiger charge is -2.09. The Bertz CT molecular complexity index is 486. The second kappa shape index (κ2) is 6.84. The van der Waals surface area contributed by atoms with Crippen LogP contribution in [0, 0.1) is 24.0 Å². The third kappa shape index (κ3) is 4.33. The zero-order chi connectivity index (χ0) is 14.4. The summed E-state index contributed by atoms with van der Waals surface area (Å²) in [5, 5.41) is 16.6. The zero-order valence-corrected chi connectivity index (χ0v) is 11.4. The molecule has 0 bridgehead atoms. The Kier molecular flexibility index (Phi) is 5.44. The first-order chi connectivity index (χ1) is 8.95. The molecular weight excluding hydrogens is 246 g/mol. The van der Waals surface area contributed by atoms with Gasteiger partial charge in [0.25, 0.3) is 5.69 Å². The van der Waals surface area contributed by atoms with E-state index in [-0.39, 0.29) is 23.7 Å². The number of hydrogen-bond donors (Lipinski definition) is 2. The highest BCUT2D eigenvalue weighted by Crippen LogP contribution is 2.27. The Hall–Kier alpha value is -1.95. The van der Waals surface area contributed by atoms with Crippen LogP contribution in [0.15, 0.2) is 12.1 Å². The van der Waals surface area contributed by atoms with Gasteiger partial charge in [-0.1, -0.05) is 6.92 Å². The van der Waals surface area contributed by atoms with Crippen LogP contribution in [0.5, 0.6) is 0 Å². The van der Waals surface area contributed by atoms with Crippen LogP contribution in [-0.2, 0) is 4.79 Å². The molecule has 0 aromatic heterocycles. The van der Waals surface area contributed by atoms with Crippen molar-refractivity contribution >= 4 is 17.3 Å². The van der Waals surface area contributed by atoms with Crippen LogP contribution in [0.2, 0.25) is 0 Å². The van der Waals surface area contributed by atoms with Crippen molar-refractivity contribution in [3.8, 4) is 0 Å². The minimum absolute atomic E-state index is 0.0695. The van der Waals surface area contributed by atoms with E-state index in [9.17, 15) is 14.9 Å². The van der Waals surface area contributed by atoms with Crippen LogP contribution in [-0.4, -0.2) is 23.9 Å². The fraction of sp³-hybridized carbons (Fsp3) is 0.462. The number of nitrogens with zero attached hydrogens (tertiary/aromatic N) is 1. The van der Waals surface area contributed by atoms with Crippen molar-refractivity contribution < 1.29 is 9.72 Å². The van der Waals surface area contributed by atoms with Gasteiger partial charge in [-0.2, -0.15) is 0 Å². The molecule has 0 unspecified atom stereocenters. The number of carbonyl (C=O) groups excluding carboxylic acids is 1. The molecule has 1 aromatic carbocycles. The van der Waals surface area contributed by atoms with E-state index in [4.69, 9.17) is 0 Å². The van der Waals surface area contributed by atoms with Crippen molar-refractivity contribution in [2.45, 2.75) is 27.2 Å². The van der Waals surface area contributed by atoms with Crippen LogP contribution < -0.4 is 10.6 Å². The highest BCUT2D eigenvalue weighted by molar-refractivity contribution is 5.93. The van der Waals surface area contributed by atoms with Crippen molar-refractivity contribution in [3.63, 3.8) is 0 Å². The summed E-state index contributed by atoms with van der Waals surface area (Å²) >= 11 is 0. The topological polar surface area (TPSA) is 84.3 Å². The fourth-order valence-corrected chi connectivity index (χ4v) is 1.64. The van der Waals surface area contributed by atoms with Crippen molar-refractivity contribution in [1.82, 2.24) is 5.32 Å². The number of nitrogens with one attached hydrogen (secondary N) is 2. The highest BCUT2D eigenvalue weighted by atomic mass is 16.6. The molecule has 0 fully saturated rings. The summed E-state index contributed by atoms with van der Waals surface area (Å²) in [5.74, 6) is -0.229. The standard InChI is InChI=1S/C13H19N3O3/c1-4-14-6-5-13(17)15-11-7-9(2)10(3)8-12(11)16(18)19/h7-8,14H,4-6H2,1-3H3,(H,15,17). The number of aryl methyl sites for hydroxylation is 2. The third-order valence-electron chi connectivity index (χ3n) is 2.86. The summed E-state index contributed by atoms with van der Waals surface area (Å²) in [4.78, 5) is 22.2. The lowest BCUT2D eigenvalue weighted by atomic mass is 10.1. The van der Waals surface area contributed by atoms with Gasteiger partial charge in [-0.05, 0) is 37.6 Å². The number of carbonyl (C=O) groups is 1. The predicted molar refractivity (Wildman–Crippen MR) is 74.4 cm³/mol. The monoisotopic (exact) mass is 265 g/mol. The average Bonchev–Trinajstić information content (AvgIpc) is 2.33. The summed E-state index contributed by atoms with van der Waals surface area (Å²) in [5.41, 5.74) is 1.93. The Morgan fingerprint density at radius 2 is 1.95 bits per heavy atom. The number of anilines is 1. The third-order valence-corrected chi connectivity index (χ3v) is 2.86. The first-order valence-electron chi connectivity index (χ1n) is 6.22. The summed E-state index contributed by atoms with van der Waals surface area (Å²) in [6.07, 6.45) is 0.290. The Labute approximate surface area is 112 Å². The minimum atomic E-state index is -0.480. The smallest absolute Gasteiger partial charge is 0.293 e. The van der Waals surface area contributed by atoms with Crippen LogP contribution in [0.4, 0.5) is 11.4 Å². The van der Waals surface area contributed by atoms with Gasteiger partial charge in [-0.15, -0.1) is 0 Å². The minimum Gasteiger partial charge on any atom is -0.320 e. The van der Waals surface area contributed by atoms with E-state index in [0.29, 0.717) is 6.54 Å². The van der Waals surface area contributed by atoms with E-state index >= 15 is 0 Å². The van der Waals surface area contributed by atoms with Crippen molar-refractivity contribution in [2.75, 3.05) is 18.4 Å². The molecule has 6 nitrogen and oxygen atoms in total. The SMILES string of the molecule is CCNCCC(=O)Nc1cc(C)c(C)cc1[N+](=O)[O-]. The molecule has 0 aliphatic heterocycles. The Morgan fingerprint density at radius 1 is 1.32 bits per heavy atom. The molecule has 1 aromatic rings. The molecule has 19 heavy (non-hydrogen) atoms. The molecule has 6 heteroatoms. The molecule has 0 saturated carbocycles. The van der Waals surface area contributed by atoms with Gasteiger partial charge in [0.05, 0.1) is 4.92 Å². The van der Waals surface area contributed by atoms with Gasteiger partial charge in [0.1, 0.15) is 5.69 Å². The molecule has 0 aliphatic rings. The van der Waals surface area contributed by atoms with Crippen molar-refractivity contribution in [2.24, 2.45) is 0 Å².